The van der Waals surface area contributed by atoms with E-state index in [0.29, 0.717) is 24.7 Å². The largest absolute Gasteiger partial charge is 0.478 e. The lowest BCUT2D eigenvalue weighted by atomic mass is 9.73. The summed E-state index contributed by atoms with van der Waals surface area (Å²) in [5.41, 5.74) is 8.16. The predicted molar refractivity (Wildman–Crippen MR) is 224 cm³/mol. The molecular formula is C43H56ClN5O4Si. The van der Waals surface area contributed by atoms with Gasteiger partial charge in [0.2, 0.25) is 5.88 Å². The summed E-state index contributed by atoms with van der Waals surface area (Å²) >= 11 is 6.24. The highest BCUT2D eigenvalue weighted by atomic mass is 35.5. The number of hydrogen-bond donors (Lipinski definition) is 1. The Bertz CT molecular complexity index is 2010. The van der Waals surface area contributed by atoms with Crippen molar-refractivity contribution >= 4 is 59.3 Å². The van der Waals surface area contributed by atoms with Crippen LogP contribution in [-0.4, -0.2) is 86.1 Å². The fourth-order valence-corrected chi connectivity index (χ4v) is 9.00. The Morgan fingerprint density at radius 3 is 2.50 bits per heavy atom. The van der Waals surface area contributed by atoms with Crippen LogP contribution in [0.15, 0.2) is 66.4 Å². The predicted octanol–water partition coefficient (Wildman–Crippen LogP) is 9.97. The van der Waals surface area contributed by atoms with Crippen LogP contribution in [0.25, 0.3) is 16.6 Å². The van der Waals surface area contributed by atoms with Crippen LogP contribution >= 0.6 is 11.6 Å². The van der Waals surface area contributed by atoms with Gasteiger partial charge in [0.1, 0.15) is 17.6 Å². The van der Waals surface area contributed by atoms with Crippen molar-refractivity contribution in [2.75, 3.05) is 62.3 Å². The minimum absolute atomic E-state index is 0.168. The number of nitrogens with zero attached hydrogens (tertiary/aromatic N) is 5. The molecule has 2 aliphatic heterocycles. The number of allylic oxidation sites excluding steroid dienone is 1. The molecule has 1 N–H and O–H groups in total. The maximum absolute atomic E-state index is 12.7. The molecule has 4 heterocycles. The molecule has 1 saturated heterocycles. The van der Waals surface area contributed by atoms with Gasteiger partial charge in [-0.15, -0.1) is 0 Å². The van der Waals surface area contributed by atoms with Gasteiger partial charge in [0, 0.05) is 76.2 Å². The second-order valence-corrected chi connectivity index (χ2v) is 23.3. The highest BCUT2D eigenvalue weighted by Gasteiger charge is 2.31. The number of aromatic nitrogens is 2. The van der Waals surface area contributed by atoms with E-state index >= 15 is 0 Å². The molecular weight excluding hydrogens is 714 g/mol. The Balaban J connectivity index is 1.11. The van der Waals surface area contributed by atoms with E-state index in [1.54, 1.807) is 11.6 Å². The first-order valence-corrected chi connectivity index (χ1v) is 23.7. The summed E-state index contributed by atoms with van der Waals surface area (Å²) in [6.45, 7) is 20.3. The summed E-state index contributed by atoms with van der Waals surface area (Å²) in [5.74, 6) is -0.430. The van der Waals surface area contributed by atoms with Gasteiger partial charge in [0.05, 0.1) is 17.9 Å². The third-order valence-corrected chi connectivity index (χ3v) is 13.3. The first-order valence-electron chi connectivity index (χ1n) is 19.6. The van der Waals surface area contributed by atoms with Crippen LogP contribution in [0, 0.1) is 5.41 Å². The first-order chi connectivity index (χ1) is 25.7. The van der Waals surface area contributed by atoms with Gasteiger partial charge < -0.3 is 28.9 Å². The number of anilines is 3. The summed E-state index contributed by atoms with van der Waals surface area (Å²) in [6.07, 6.45) is 5.97. The number of benzene rings is 2. The molecule has 0 amide bonds. The fraction of sp³-hybridized carbons (Fsp3) is 0.488. The zero-order valence-electron chi connectivity index (χ0n) is 32.8. The molecule has 11 heteroatoms. The standard InChI is InChI=1S/C43H56ClN5O4Si/c1-30(52-24-25-54(4,5)6)48-18-15-32-26-39-41(45-40(32)48)53-23-7-17-49(39)38-27-35(12-13-37(38)42(50)51)47-21-19-46(20-22-47)29-33-28-43(2,3)16-14-36(33)31-8-10-34(44)11-9-31/h8-13,15,18,26-27,30H,7,14,16-17,19-25,28-29H2,1-6H3,(H,50,51). The van der Waals surface area contributed by atoms with Gasteiger partial charge in [-0.05, 0) is 97.7 Å². The van der Waals surface area contributed by atoms with E-state index in [2.05, 4.69) is 90.0 Å². The Labute approximate surface area is 326 Å². The molecule has 1 atom stereocenters. The van der Waals surface area contributed by atoms with E-state index in [-0.39, 0.29) is 17.2 Å². The van der Waals surface area contributed by atoms with Crippen molar-refractivity contribution in [3.63, 3.8) is 0 Å². The van der Waals surface area contributed by atoms with E-state index in [4.69, 9.17) is 26.1 Å². The molecule has 9 nitrogen and oxygen atoms in total. The second-order valence-electron chi connectivity index (χ2n) is 17.3. The summed E-state index contributed by atoms with van der Waals surface area (Å²) in [5, 5.41) is 12.1. The zero-order valence-corrected chi connectivity index (χ0v) is 34.6. The van der Waals surface area contributed by atoms with E-state index < -0.39 is 14.0 Å². The molecule has 0 spiro atoms. The van der Waals surface area contributed by atoms with Gasteiger partial charge in [0.25, 0.3) is 0 Å². The minimum Gasteiger partial charge on any atom is -0.478 e. The van der Waals surface area contributed by atoms with Crippen LogP contribution in [0.3, 0.4) is 0 Å². The van der Waals surface area contributed by atoms with Crippen molar-refractivity contribution in [2.45, 2.75) is 78.4 Å². The molecule has 0 saturated carbocycles. The Morgan fingerprint density at radius 2 is 1.78 bits per heavy atom. The minimum atomic E-state index is -1.21. The van der Waals surface area contributed by atoms with Gasteiger partial charge in [-0.25, -0.2) is 4.79 Å². The lowest BCUT2D eigenvalue weighted by Crippen LogP contribution is -2.47. The van der Waals surface area contributed by atoms with Crippen LogP contribution in [0.4, 0.5) is 17.1 Å². The number of carboxylic acids is 1. The van der Waals surface area contributed by atoms with Gasteiger partial charge in [-0.1, -0.05) is 62.8 Å². The van der Waals surface area contributed by atoms with E-state index in [1.165, 1.54) is 17.6 Å². The van der Waals surface area contributed by atoms with Crippen LogP contribution < -0.4 is 14.5 Å². The topological polar surface area (TPSA) is 83.3 Å². The Morgan fingerprint density at radius 1 is 1.02 bits per heavy atom. The summed E-state index contributed by atoms with van der Waals surface area (Å²) in [6, 6.07) is 19.4. The van der Waals surface area contributed by atoms with Crippen LogP contribution in [0.1, 0.15) is 68.6 Å². The smallest absolute Gasteiger partial charge is 0.337 e. The number of aromatic carboxylic acids is 1. The monoisotopic (exact) mass is 769 g/mol. The number of carboxylic acid groups (broad SMARTS) is 1. The molecule has 0 bridgehead atoms. The molecule has 1 aliphatic carbocycles. The van der Waals surface area contributed by atoms with Crippen molar-refractivity contribution in [3.05, 3.63) is 82.5 Å². The van der Waals surface area contributed by atoms with Crippen LogP contribution in [0.2, 0.25) is 30.7 Å². The van der Waals surface area contributed by atoms with Gasteiger partial charge in [-0.2, -0.15) is 4.98 Å². The molecule has 3 aliphatic rings. The quantitative estimate of drug-likeness (QED) is 0.151. The maximum Gasteiger partial charge on any atom is 0.337 e. The number of hydrogen-bond acceptors (Lipinski definition) is 7. The summed E-state index contributed by atoms with van der Waals surface area (Å²) in [7, 11) is -1.21. The van der Waals surface area contributed by atoms with Gasteiger partial charge in [0.15, 0.2) is 0 Å². The molecule has 2 aromatic carbocycles. The number of halogens is 1. The third-order valence-electron chi connectivity index (χ3n) is 11.3. The van der Waals surface area contributed by atoms with Crippen molar-refractivity contribution in [1.82, 2.24) is 14.5 Å². The molecule has 1 unspecified atom stereocenters. The Kier molecular flexibility index (Phi) is 11.2. The number of fused-ring (bicyclic) bond motifs is 2. The number of carbonyl (C=O) groups is 1. The fourth-order valence-electron chi connectivity index (χ4n) is 8.14. The average molecular weight is 770 g/mol. The molecule has 0 radical (unpaired) electrons. The highest BCUT2D eigenvalue weighted by Crippen LogP contribution is 2.44. The zero-order chi connectivity index (χ0) is 38.2. The number of rotatable bonds is 11. The van der Waals surface area contributed by atoms with E-state index in [1.807, 2.05) is 24.4 Å². The molecule has 7 rings (SSSR count). The Hall–Kier alpha value is -3.83. The summed E-state index contributed by atoms with van der Waals surface area (Å²) < 4.78 is 14.5. The molecule has 1 fully saturated rings. The normalized spacial score (nSPS) is 18.7. The molecule has 288 valence electrons. The SMILES string of the molecule is CC(OCC[Si](C)(C)C)n1ccc2cc3c(nc21)OCCCN3c1cc(N2CCN(CC3=C(c4ccc(Cl)cc4)CCC(C)(C)C3)CC2)ccc1C(=O)O. The van der Waals surface area contributed by atoms with Crippen LogP contribution in [-0.2, 0) is 4.74 Å². The van der Waals surface area contributed by atoms with E-state index in [0.717, 1.165) is 92.1 Å². The van der Waals surface area contributed by atoms with Gasteiger partial charge in [-0.3, -0.25) is 4.90 Å². The number of pyridine rings is 1. The number of ether oxygens (including phenoxy) is 2. The number of piperazine rings is 1. The molecule has 4 aromatic rings. The molecule has 54 heavy (non-hydrogen) atoms. The first kappa shape index (κ1) is 38.4. The molecule has 2 aromatic heterocycles. The van der Waals surface area contributed by atoms with Crippen molar-refractivity contribution in [1.29, 1.82) is 0 Å². The third kappa shape index (κ3) is 8.67. The lowest BCUT2D eigenvalue weighted by Gasteiger charge is -2.40. The lowest BCUT2D eigenvalue weighted by molar-refractivity contribution is 0.0271. The highest BCUT2D eigenvalue weighted by molar-refractivity contribution is 6.76. The summed E-state index contributed by atoms with van der Waals surface area (Å²) in [4.78, 5) is 24.8. The van der Waals surface area contributed by atoms with Gasteiger partial charge >= 0.3 is 5.97 Å². The van der Waals surface area contributed by atoms with Crippen LogP contribution in [0.5, 0.6) is 5.88 Å². The second kappa shape index (κ2) is 15.7. The van der Waals surface area contributed by atoms with Crippen molar-refractivity contribution in [2.24, 2.45) is 5.41 Å². The van der Waals surface area contributed by atoms with Crippen molar-refractivity contribution in [3.8, 4) is 5.88 Å². The average Bonchev–Trinajstić information content (AvgIpc) is 3.42. The maximum atomic E-state index is 12.7. The van der Waals surface area contributed by atoms with Crippen molar-refractivity contribution < 1.29 is 19.4 Å². The van der Waals surface area contributed by atoms with E-state index in [9.17, 15) is 9.90 Å².